The number of thiocarbonyl (C=S) groups is 1. The Bertz CT molecular complexity index is 253. The van der Waals surface area contributed by atoms with Crippen LogP contribution in [0.5, 0.6) is 0 Å². The van der Waals surface area contributed by atoms with Crippen LogP contribution in [-0.2, 0) is 9.09 Å². The highest BCUT2D eigenvalue weighted by Crippen LogP contribution is 2.62. The molecule has 0 radical (unpaired) electrons. The standard InChI is InChI=1S/C9H20NO2PS2/c1-6-12-13(11,10(5)8-14)15-7-9(2,3)4/h8H,6-7H2,1-5H3. The molecule has 0 aromatic rings. The summed E-state index contributed by atoms with van der Waals surface area (Å²) in [6.07, 6.45) is 0. The number of hydrogen-bond acceptors (Lipinski definition) is 4. The fourth-order valence-electron chi connectivity index (χ4n) is 0.716. The van der Waals surface area contributed by atoms with Gasteiger partial charge in [-0.15, -0.1) is 0 Å². The second-order valence-corrected chi connectivity index (χ2v) is 9.14. The van der Waals surface area contributed by atoms with E-state index in [1.54, 1.807) is 7.05 Å². The molecule has 0 bridgehead atoms. The Morgan fingerprint density at radius 3 is 2.40 bits per heavy atom. The number of rotatable bonds is 6. The maximum Gasteiger partial charge on any atom is 0.353 e. The average molecular weight is 269 g/mol. The van der Waals surface area contributed by atoms with Crippen molar-refractivity contribution in [3.8, 4) is 0 Å². The van der Waals surface area contributed by atoms with Crippen molar-refractivity contribution in [2.45, 2.75) is 27.7 Å². The van der Waals surface area contributed by atoms with Crippen LogP contribution in [0, 0.1) is 5.41 Å². The lowest BCUT2D eigenvalue weighted by atomic mass is 10.0. The number of hydrogen-bond donors (Lipinski definition) is 0. The summed E-state index contributed by atoms with van der Waals surface area (Å²) in [5.41, 5.74) is 1.51. The molecule has 0 aliphatic carbocycles. The maximum atomic E-state index is 12.4. The van der Waals surface area contributed by atoms with Crippen molar-refractivity contribution in [2.24, 2.45) is 5.41 Å². The van der Waals surface area contributed by atoms with Crippen molar-refractivity contribution in [3.05, 3.63) is 0 Å². The molecular weight excluding hydrogens is 249 g/mol. The molecule has 0 saturated heterocycles. The van der Waals surface area contributed by atoms with Crippen LogP contribution in [0.1, 0.15) is 27.7 Å². The molecule has 1 unspecified atom stereocenters. The Morgan fingerprint density at radius 1 is 1.53 bits per heavy atom. The van der Waals surface area contributed by atoms with Crippen molar-refractivity contribution in [2.75, 3.05) is 19.4 Å². The van der Waals surface area contributed by atoms with Gasteiger partial charge < -0.3 is 4.52 Å². The van der Waals surface area contributed by atoms with E-state index >= 15 is 0 Å². The van der Waals surface area contributed by atoms with E-state index in [0.717, 1.165) is 5.75 Å². The second kappa shape index (κ2) is 6.24. The smallest absolute Gasteiger partial charge is 0.306 e. The normalized spacial score (nSPS) is 15.8. The lowest BCUT2D eigenvalue weighted by Gasteiger charge is -2.27. The Hall–Kier alpha value is 0.430. The first-order chi connectivity index (χ1) is 6.75. The fourth-order valence-corrected chi connectivity index (χ4v) is 5.58. The quantitative estimate of drug-likeness (QED) is 0.540. The first-order valence-corrected chi connectivity index (χ1v) is 8.47. The molecule has 3 nitrogen and oxygen atoms in total. The predicted molar refractivity (Wildman–Crippen MR) is 72.6 cm³/mol. The van der Waals surface area contributed by atoms with Crippen molar-refractivity contribution in [3.63, 3.8) is 0 Å². The van der Waals surface area contributed by atoms with Crippen LogP contribution in [0.4, 0.5) is 0 Å². The summed E-state index contributed by atoms with van der Waals surface area (Å²) in [4.78, 5) is 0. The molecule has 0 aliphatic heterocycles. The summed E-state index contributed by atoms with van der Waals surface area (Å²) in [6.45, 7) is 5.77. The van der Waals surface area contributed by atoms with E-state index in [2.05, 4.69) is 20.8 Å². The van der Waals surface area contributed by atoms with Gasteiger partial charge in [0.2, 0.25) is 0 Å². The highest BCUT2D eigenvalue weighted by atomic mass is 32.7. The van der Waals surface area contributed by atoms with E-state index in [9.17, 15) is 4.57 Å². The Labute approximate surface area is 102 Å². The summed E-state index contributed by atoms with van der Waals surface area (Å²) in [6, 6.07) is 0. The van der Waals surface area contributed by atoms with Gasteiger partial charge in [0.05, 0.1) is 12.1 Å². The van der Waals surface area contributed by atoms with Crippen LogP contribution < -0.4 is 0 Å². The maximum absolute atomic E-state index is 12.4. The van der Waals surface area contributed by atoms with Crippen LogP contribution in [0.25, 0.3) is 0 Å². The predicted octanol–water partition coefficient (Wildman–Crippen LogP) is 3.80. The molecule has 0 N–H and O–H groups in total. The molecule has 15 heavy (non-hydrogen) atoms. The van der Waals surface area contributed by atoms with Gasteiger partial charge in [0, 0.05) is 12.8 Å². The highest BCUT2D eigenvalue weighted by Gasteiger charge is 2.29. The van der Waals surface area contributed by atoms with Crippen molar-refractivity contribution in [1.82, 2.24) is 4.67 Å². The largest absolute Gasteiger partial charge is 0.353 e. The third-order valence-electron chi connectivity index (χ3n) is 1.49. The molecule has 0 spiro atoms. The summed E-state index contributed by atoms with van der Waals surface area (Å²) < 4.78 is 19.2. The molecule has 0 amide bonds. The van der Waals surface area contributed by atoms with E-state index in [4.69, 9.17) is 16.7 Å². The fraction of sp³-hybridized carbons (Fsp3) is 0.889. The van der Waals surface area contributed by atoms with Crippen LogP contribution in [-0.4, -0.2) is 29.6 Å². The summed E-state index contributed by atoms with van der Waals surface area (Å²) in [7, 11) is 1.69. The molecule has 0 aliphatic rings. The van der Waals surface area contributed by atoms with Gasteiger partial charge >= 0.3 is 6.72 Å². The van der Waals surface area contributed by atoms with Crippen LogP contribution >= 0.6 is 30.3 Å². The molecule has 90 valence electrons. The van der Waals surface area contributed by atoms with Gasteiger partial charge in [-0.05, 0) is 23.7 Å². The van der Waals surface area contributed by atoms with E-state index in [1.165, 1.54) is 21.5 Å². The van der Waals surface area contributed by atoms with Crippen molar-refractivity contribution in [1.29, 1.82) is 0 Å². The summed E-state index contributed by atoms with van der Waals surface area (Å²) in [5, 5.41) is 0. The molecule has 0 fully saturated rings. The zero-order valence-electron chi connectivity index (χ0n) is 10.0. The van der Waals surface area contributed by atoms with Gasteiger partial charge in [0.25, 0.3) is 0 Å². The zero-order chi connectivity index (χ0) is 12.1. The lowest BCUT2D eigenvalue weighted by molar-refractivity contribution is 0.324. The van der Waals surface area contributed by atoms with Gasteiger partial charge in [-0.1, -0.05) is 33.0 Å². The topological polar surface area (TPSA) is 29.5 Å². The molecule has 0 heterocycles. The van der Waals surface area contributed by atoms with E-state index < -0.39 is 6.72 Å². The average Bonchev–Trinajstić information content (AvgIpc) is 2.13. The first kappa shape index (κ1) is 15.4. The lowest BCUT2D eigenvalue weighted by Crippen LogP contribution is -2.15. The molecular formula is C9H20NO2PS2. The first-order valence-electron chi connectivity index (χ1n) is 4.83. The molecule has 0 saturated carbocycles. The second-order valence-electron chi connectivity index (χ2n) is 4.40. The van der Waals surface area contributed by atoms with Gasteiger partial charge in [-0.3, -0.25) is 9.24 Å². The van der Waals surface area contributed by atoms with Crippen LogP contribution in [0.15, 0.2) is 0 Å². The van der Waals surface area contributed by atoms with E-state index in [0.29, 0.717) is 6.61 Å². The van der Waals surface area contributed by atoms with Crippen LogP contribution in [0.2, 0.25) is 0 Å². The van der Waals surface area contributed by atoms with Crippen molar-refractivity contribution < 1.29 is 9.09 Å². The van der Waals surface area contributed by atoms with Gasteiger partial charge in [-0.2, -0.15) is 0 Å². The molecule has 0 aromatic heterocycles. The van der Waals surface area contributed by atoms with Gasteiger partial charge in [0.1, 0.15) is 0 Å². The summed E-state index contributed by atoms with van der Waals surface area (Å²) >= 11 is 6.13. The van der Waals surface area contributed by atoms with Gasteiger partial charge in [-0.25, -0.2) is 0 Å². The monoisotopic (exact) mass is 269 g/mol. The highest BCUT2D eigenvalue weighted by molar-refractivity contribution is 8.56. The van der Waals surface area contributed by atoms with Gasteiger partial charge in [0.15, 0.2) is 0 Å². The third-order valence-corrected chi connectivity index (χ3v) is 7.21. The Balaban J connectivity index is 4.52. The van der Waals surface area contributed by atoms with E-state index in [-0.39, 0.29) is 5.41 Å². The zero-order valence-corrected chi connectivity index (χ0v) is 12.5. The molecule has 0 aromatic carbocycles. The molecule has 0 rings (SSSR count). The minimum absolute atomic E-state index is 0.125. The van der Waals surface area contributed by atoms with Crippen molar-refractivity contribution >= 4 is 35.8 Å². The van der Waals surface area contributed by atoms with E-state index in [1.807, 2.05) is 6.92 Å². The Morgan fingerprint density at radius 2 is 2.07 bits per heavy atom. The third kappa shape index (κ3) is 5.91. The summed E-state index contributed by atoms with van der Waals surface area (Å²) in [5.74, 6) is 0.776. The minimum atomic E-state index is -2.82. The molecule has 6 heteroatoms. The SMILES string of the molecule is CCOP(=O)(SCC(C)(C)C)N(C)C=S. The minimum Gasteiger partial charge on any atom is -0.306 e. The Kier molecular flexibility index (Phi) is 6.41. The molecule has 1 atom stereocenters. The number of nitrogens with zero attached hydrogens (tertiary/aromatic N) is 1. The van der Waals surface area contributed by atoms with Crippen LogP contribution in [0.3, 0.4) is 0 Å².